The number of hydrogen-bond acceptors (Lipinski definition) is 3. The van der Waals surface area contributed by atoms with Gasteiger partial charge in [-0.15, -0.1) is 0 Å². The van der Waals surface area contributed by atoms with Crippen molar-refractivity contribution in [2.45, 2.75) is 33.7 Å². The van der Waals surface area contributed by atoms with Crippen LogP contribution in [0.25, 0.3) is 0 Å². The predicted molar refractivity (Wildman–Crippen MR) is 121 cm³/mol. The Bertz CT molecular complexity index is 957. The first-order valence-corrected chi connectivity index (χ1v) is 10.8. The van der Waals surface area contributed by atoms with E-state index in [9.17, 15) is 14.4 Å². The van der Waals surface area contributed by atoms with Gasteiger partial charge in [0.05, 0.1) is 5.92 Å². The fourth-order valence-electron chi connectivity index (χ4n) is 3.26. The van der Waals surface area contributed by atoms with E-state index < -0.39 is 0 Å². The first-order valence-electron chi connectivity index (χ1n) is 9.98. The number of halogens is 1. The third kappa shape index (κ3) is 5.27. The predicted octanol–water partition coefficient (Wildman–Crippen LogP) is 4.02. The molecule has 1 aliphatic heterocycles. The van der Waals surface area contributed by atoms with E-state index in [1.807, 2.05) is 63.2 Å². The van der Waals surface area contributed by atoms with Gasteiger partial charge in [0.25, 0.3) is 0 Å². The Hall–Kier alpha value is -2.67. The molecule has 7 heteroatoms. The number of carbonyl (C=O) groups excluding carboxylic acids is 3. The first kappa shape index (κ1) is 22.0. The van der Waals surface area contributed by atoms with Crippen LogP contribution in [0.1, 0.15) is 31.4 Å². The highest BCUT2D eigenvalue weighted by molar-refractivity contribution is 9.10. The molecule has 30 heavy (non-hydrogen) atoms. The average Bonchev–Trinajstić information content (AvgIpc) is 3.11. The van der Waals surface area contributed by atoms with Gasteiger partial charge in [0.15, 0.2) is 0 Å². The third-order valence-electron chi connectivity index (χ3n) is 5.16. The average molecular weight is 472 g/mol. The Morgan fingerprint density at radius 3 is 2.50 bits per heavy atom. The zero-order valence-corrected chi connectivity index (χ0v) is 19.0. The van der Waals surface area contributed by atoms with Crippen molar-refractivity contribution in [2.24, 2.45) is 11.8 Å². The number of nitrogens with zero attached hydrogens (tertiary/aromatic N) is 1. The maximum absolute atomic E-state index is 12.6. The van der Waals surface area contributed by atoms with Crippen molar-refractivity contribution in [3.05, 3.63) is 58.1 Å². The van der Waals surface area contributed by atoms with Crippen LogP contribution in [0.5, 0.6) is 0 Å². The summed E-state index contributed by atoms with van der Waals surface area (Å²) in [5.41, 5.74) is 3.51. The number of amides is 3. The Labute approximate surface area is 185 Å². The highest BCUT2D eigenvalue weighted by Crippen LogP contribution is 2.28. The second-order valence-corrected chi connectivity index (χ2v) is 8.75. The highest BCUT2D eigenvalue weighted by Gasteiger charge is 2.35. The van der Waals surface area contributed by atoms with Crippen molar-refractivity contribution in [3.8, 4) is 0 Å². The minimum absolute atomic E-state index is 0.0347. The SMILES string of the molecule is Cc1cc(N2CC(C(=O)NCc3ccc(NC(=O)C(C)C)cc3)CC2=O)ccc1Br. The molecule has 3 rings (SSSR count). The Balaban J connectivity index is 1.54. The maximum atomic E-state index is 12.6. The van der Waals surface area contributed by atoms with Crippen LogP contribution < -0.4 is 15.5 Å². The minimum Gasteiger partial charge on any atom is -0.352 e. The monoisotopic (exact) mass is 471 g/mol. The number of aryl methyl sites for hydroxylation is 1. The molecule has 1 atom stereocenters. The van der Waals surface area contributed by atoms with Crippen LogP contribution in [-0.4, -0.2) is 24.3 Å². The number of hydrogen-bond donors (Lipinski definition) is 2. The quantitative estimate of drug-likeness (QED) is 0.667. The van der Waals surface area contributed by atoms with Gasteiger partial charge in [0, 0.05) is 41.3 Å². The van der Waals surface area contributed by atoms with Crippen LogP contribution in [0.3, 0.4) is 0 Å². The van der Waals surface area contributed by atoms with Gasteiger partial charge in [-0.3, -0.25) is 14.4 Å². The zero-order valence-electron chi connectivity index (χ0n) is 17.4. The highest BCUT2D eigenvalue weighted by atomic mass is 79.9. The van der Waals surface area contributed by atoms with E-state index >= 15 is 0 Å². The number of rotatable bonds is 6. The number of nitrogens with one attached hydrogen (secondary N) is 2. The maximum Gasteiger partial charge on any atom is 0.227 e. The summed E-state index contributed by atoms with van der Waals surface area (Å²) in [5, 5.41) is 5.76. The van der Waals surface area contributed by atoms with E-state index in [-0.39, 0.29) is 36.0 Å². The molecule has 0 bridgehead atoms. The van der Waals surface area contributed by atoms with Gasteiger partial charge in [0.2, 0.25) is 17.7 Å². The van der Waals surface area contributed by atoms with Crippen molar-refractivity contribution >= 4 is 45.0 Å². The number of carbonyl (C=O) groups is 3. The van der Waals surface area contributed by atoms with Crippen LogP contribution >= 0.6 is 15.9 Å². The smallest absolute Gasteiger partial charge is 0.227 e. The molecule has 1 aliphatic rings. The number of anilines is 2. The first-order chi connectivity index (χ1) is 14.2. The van der Waals surface area contributed by atoms with Gasteiger partial charge in [0.1, 0.15) is 0 Å². The van der Waals surface area contributed by atoms with E-state index in [0.29, 0.717) is 13.1 Å². The van der Waals surface area contributed by atoms with E-state index in [1.165, 1.54) is 0 Å². The lowest BCUT2D eigenvalue weighted by molar-refractivity contribution is -0.126. The molecule has 6 nitrogen and oxygen atoms in total. The molecule has 1 saturated heterocycles. The van der Waals surface area contributed by atoms with Crippen molar-refractivity contribution < 1.29 is 14.4 Å². The molecule has 1 heterocycles. The molecular weight excluding hydrogens is 446 g/mol. The molecule has 1 unspecified atom stereocenters. The van der Waals surface area contributed by atoms with Crippen molar-refractivity contribution in [1.29, 1.82) is 0 Å². The fourth-order valence-corrected chi connectivity index (χ4v) is 3.50. The lowest BCUT2D eigenvalue weighted by atomic mass is 10.1. The molecule has 2 N–H and O–H groups in total. The van der Waals surface area contributed by atoms with Gasteiger partial charge >= 0.3 is 0 Å². The van der Waals surface area contributed by atoms with Crippen LogP contribution in [0.2, 0.25) is 0 Å². The second-order valence-electron chi connectivity index (χ2n) is 7.90. The molecule has 0 radical (unpaired) electrons. The molecule has 0 spiro atoms. The van der Waals surface area contributed by atoms with Crippen LogP contribution in [-0.2, 0) is 20.9 Å². The topological polar surface area (TPSA) is 78.5 Å². The zero-order chi connectivity index (χ0) is 21.8. The summed E-state index contributed by atoms with van der Waals surface area (Å²) in [4.78, 5) is 38.5. The molecule has 1 fully saturated rings. The minimum atomic E-state index is -0.369. The molecule has 2 aromatic rings. The number of benzene rings is 2. The van der Waals surface area contributed by atoms with E-state index in [1.54, 1.807) is 4.90 Å². The second kappa shape index (κ2) is 9.43. The van der Waals surface area contributed by atoms with Gasteiger partial charge < -0.3 is 15.5 Å². The van der Waals surface area contributed by atoms with Crippen molar-refractivity contribution in [1.82, 2.24) is 5.32 Å². The Morgan fingerprint density at radius 2 is 1.87 bits per heavy atom. The lowest BCUT2D eigenvalue weighted by Gasteiger charge is -2.18. The molecule has 0 saturated carbocycles. The summed E-state index contributed by atoms with van der Waals surface area (Å²) >= 11 is 3.46. The van der Waals surface area contributed by atoms with Crippen LogP contribution in [0.4, 0.5) is 11.4 Å². The molecule has 0 aliphatic carbocycles. The summed E-state index contributed by atoms with van der Waals surface area (Å²) in [6.45, 7) is 6.40. The van der Waals surface area contributed by atoms with Gasteiger partial charge in [-0.2, -0.15) is 0 Å². The molecule has 3 amide bonds. The fraction of sp³-hybridized carbons (Fsp3) is 0.348. The summed E-state index contributed by atoms with van der Waals surface area (Å²) in [6, 6.07) is 13.1. The Morgan fingerprint density at radius 1 is 1.17 bits per heavy atom. The van der Waals surface area contributed by atoms with Crippen LogP contribution in [0, 0.1) is 18.8 Å². The van der Waals surface area contributed by atoms with Crippen molar-refractivity contribution in [3.63, 3.8) is 0 Å². The van der Waals surface area contributed by atoms with Crippen LogP contribution in [0.15, 0.2) is 46.9 Å². The molecule has 2 aromatic carbocycles. The molecule has 158 valence electrons. The van der Waals surface area contributed by atoms with E-state index in [2.05, 4.69) is 26.6 Å². The van der Waals surface area contributed by atoms with Gasteiger partial charge in [-0.1, -0.05) is 41.9 Å². The van der Waals surface area contributed by atoms with Crippen molar-refractivity contribution in [2.75, 3.05) is 16.8 Å². The summed E-state index contributed by atoms with van der Waals surface area (Å²) < 4.78 is 0.988. The molecule has 0 aromatic heterocycles. The van der Waals surface area contributed by atoms with E-state index in [4.69, 9.17) is 0 Å². The van der Waals surface area contributed by atoms with E-state index in [0.717, 1.165) is 27.0 Å². The lowest BCUT2D eigenvalue weighted by Crippen LogP contribution is -2.32. The summed E-state index contributed by atoms with van der Waals surface area (Å²) in [5.74, 6) is -0.656. The normalized spacial score (nSPS) is 16.1. The Kier molecular flexibility index (Phi) is 6.92. The standard InChI is InChI=1S/C23H26BrN3O3/c1-14(2)22(29)26-18-6-4-16(5-7-18)12-25-23(30)17-11-21(28)27(13-17)19-8-9-20(24)15(3)10-19/h4-10,14,17H,11-13H2,1-3H3,(H,25,30)(H,26,29). The summed E-state index contributed by atoms with van der Waals surface area (Å²) in [6.07, 6.45) is 0.209. The largest absolute Gasteiger partial charge is 0.352 e. The molecular formula is C23H26BrN3O3. The summed E-state index contributed by atoms with van der Waals surface area (Å²) in [7, 11) is 0. The third-order valence-corrected chi connectivity index (χ3v) is 6.05. The van der Waals surface area contributed by atoms with Gasteiger partial charge in [-0.05, 0) is 48.4 Å². The van der Waals surface area contributed by atoms with Gasteiger partial charge in [-0.25, -0.2) is 0 Å².